The normalized spacial score (nSPS) is 16.7. The number of benzene rings is 2. The van der Waals surface area contributed by atoms with Crippen LogP contribution in [0.5, 0.6) is 5.75 Å². The first-order valence-electron chi connectivity index (χ1n) is 8.41. The Morgan fingerprint density at radius 2 is 2.00 bits per heavy atom. The molecule has 2 amide bonds. The zero-order valence-electron chi connectivity index (χ0n) is 15.0. The van der Waals surface area contributed by atoms with Gasteiger partial charge in [-0.15, -0.1) is 0 Å². The number of amides is 2. The summed E-state index contributed by atoms with van der Waals surface area (Å²) >= 11 is 3.49. The van der Waals surface area contributed by atoms with Gasteiger partial charge >= 0.3 is 0 Å². The summed E-state index contributed by atoms with van der Waals surface area (Å²) in [4.78, 5) is 26.7. The van der Waals surface area contributed by atoms with Crippen molar-refractivity contribution < 1.29 is 14.3 Å². The summed E-state index contributed by atoms with van der Waals surface area (Å²) in [5.74, 6) is 0.122. The largest absolute Gasteiger partial charge is 0.497 e. The van der Waals surface area contributed by atoms with Gasteiger partial charge in [-0.3, -0.25) is 9.59 Å². The average molecular weight is 417 g/mol. The van der Waals surface area contributed by atoms with Crippen molar-refractivity contribution in [2.45, 2.75) is 20.3 Å². The van der Waals surface area contributed by atoms with Crippen molar-refractivity contribution in [2.75, 3.05) is 23.9 Å². The third-order valence-electron chi connectivity index (χ3n) is 4.84. The van der Waals surface area contributed by atoms with Crippen molar-refractivity contribution >= 4 is 39.1 Å². The van der Waals surface area contributed by atoms with Crippen LogP contribution in [0.4, 0.5) is 11.4 Å². The molecule has 0 radical (unpaired) electrons. The van der Waals surface area contributed by atoms with Crippen molar-refractivity contribution in [3.8, 4) is 5.75 Å². The topological polar surface area (TPSA) is 58.6 Å². The molecule has 1 aliphatic heterocycles. The molecule has 1 unspecified atom stereocenters. The lowest BCUT2D eigenvalue weighted by atomic mass is 10.1. The minimum atomic E-state index is -0.378. The molecule has 136 valence electrons. The van der Waals surface area contributed by atoms with E-state index in [1.54, 1.807) is 18.1 Å². The molecule has 0 saturated carbocycles. The van der Waals surface area contributed by atoms with Gasteiger partial charge in [-0.2, -0.15) is 0 Å². The predicted octanol–water partition coefficient (Wildman–Crippen LogP) is 4.07. The molecule has 1 fully saturated rings. The Morgan fingerprint density at radius 3 is 2.73 bits per heavy atom. The Morgan fingerprint density at radius 1 is 1.23 bits per heavy atom. The number of rotatable bonds is 4. The second-order valence-electron chi connectivity index (χ2n) is 6.44. The van der Waals surface area contributed by atoms with Crippen molar-refractivity contribution in [1.82, 2.24) is 0 Å². The Balaban J connectivity index is 1.74. The molecule has 0 spiro atoms. The third-order valence-corrected chi connectivity index (χ3v) is 5.70. The van der Waals surface area contributed by atoms with Crippen LogP contribution in [0, 0.1) is 19.8 Å². The molecule has 2 aromatic carbocycles. The molecule has 0 bridgehead atoms. The first-order chi connectivity index (χ1) is 12.4. The van der Waals surface area contributed by atoms with Gasteiger partial charge in [0, 0.05) is 34.9 Å². The Labute approximate surface area is 161 Å². The quantitative estimate of drug-likeness (QED) is 0.816. The van der Waals surface area contributed by atoms with Gasteiger partial charge in [0.05, 0.1) is 13.0 Å². The Hall–Kier alpha value is -2.34. The number of carbonyl (C=O) groups is 2. The SMILES string of the molecule is COc1cccc(N2CC(C(=O)Nc3ccc(Br)c(C)c3C)CC2=O)c1. The number of halogens is 1. The minimum Gasteiger partial charge on any atom is -0.497 e. The highest BCUT2D eigenvalue weighted by Crippen LogP contribution is 2.30. The number of hydrogen-bond donors (Lipinski definition) is 1. The summed E-state index contributed by atoms with van der Waals surface area (Å²) in [6.45, 7) is 4.34. The summed E-state index contributed by atoms with van der Waals surface area (Å²) in [5, 5.41) is 2.97. The van der Waals surface area contributed by atoms with Crippen LogP contribution in [-0.4, -0.2) is 25.5 Å². The van der Waals surface area contributed by atoms with Gasteiger partial charge in [-0.05, 0) is 49.2 Å². The molecule has 1 heterocycles. The van der Waals surface area contributed by atoms with Crippen LogP contribution in [0.25, 0.3) is 0 Å². The molecular formula is C20H21BrN2O3. The van der Waals surface area contributed by atoms with Crippen LogP contribution >= 0.6 is 15.9 Å². The van der Waals surface area contributed by atoms with Gasteiger partial charge in [-0.25, -0.2) is 0 Å². The van der Waals surface area contributed by atoms with E-state index >= 15 is 0 Å². The van der Waals surface area contributed by atoms with E-state index in [1.807, 2.05) is 44.2 Å². The Bertz CT molecular complexity index is 866. The highest BCUT2D eigenvalue weighted by atomic mass is 79.9. The van der Waals surface area contributed by atoms with Crippen molar-refractivity contribution in [3.63, 3.8) is 0 Å². The van der Waals surface area contributed by atoms with Gasteiger partial charge < -0.3 is 15.0 Å². The molecule has 26 heavy (non-hydrogen) atoms. The zero-order chi connectivity index (χ0) is 18.8. The van der Waals surface area contributed by atoms with Crippen LogP contribution in [0.3, 0.4) is 0 Å². The van der Waals surface area contributed by atoms with Crippen LogP contribution in [0.1, 0.15) is 17.5 Å². The van der Waals surface area contributed by atoms with Gasteiger partial charge in [0.15, 0.2) is 0 Å². The molecule has 1 atom stereocenters. The number of ether oxygens (including phenoxy) is 1. The van der Waals surface area contributed by atoms with Crippen molar-refractivity contribution in [2.24, 2.45) is 5.92 Å². The van der Waals surface area contributed by atoms with E-state index in [4.69, 9.17) is 4.74 Å². The number of hydrogen-bond acceptors (Lipinski definition) is 3. The second-order valence-corrected chi connectivity index (χ2v) is 7.30. The fourth-order valence-corrected chi connectivity index (χ4v) is 3.50. The maximum absolute atomic E-state index is 12.7. The molecule has 1 N–H and O–H groups in total. The zero-order valence-corrected chi connectivity index (χ0v) is 16.6. The number of carbonyl (C=O) groups excluding carboxylic acids is 2. The molecule has 6 heteroatoms. The van der Waals surface area contributed by atoms with Gasteiger partial charge in [-0.1, -0.05) is 22.0 Å². The Kier molecular flexibility index (Phi) is 5.32. The van der Waals surface area contributed by atoms with E-state index in [0.29, 0.717) is 12.3 Å². The molecule has 1 saturated heterocycles. The first-order valence-corrected chi connectivity index (χ1v) is 9.21. The van der Waals surface area contributed by atoms with E-state index in [-0.39, 0.29) is 24.2 Å². The minimum absolute atomic E-state index is 0.0536. The van der Waals surface area contributed by atoms with Gasteiger partial charge in [0.2, 0.25) is 11.8 Å². The monoisotopic (exact) mass is 416 g/mol. The number of anilines is 2. The molecular weight excluding hydrogens is 396 g/mol. The van der Waals surface area contributed by atoms with E-state index in [1.165, 1.54) is 0 Å². The fraction of sp³-hybridized carbons (Fsp3) is 0.300. The van der Waals surface area contributed by atoms with Crippen LogP contribution < -0.4 is 15.0 Å². The van der Waals surface area contributed by atoms with Gasteiger partial charge in [0.1, 0.15) is 5.75 Å². The summed E-state index contributed by atoms with van der Waals surface area (Å²) in [6, 6.07) is 11.1. The lowest BCUT2D eigenvalue weighted by Gasteiger charge is -2.18. The van der Waals surface area contributed by atoms with Crippen LogP contribution in [-0.2, 0) is 9.59 Å². The molecule has 1 aliphatic rings. The highest BCUT2D eigenvalue weighted by molar-refractivity contribution is 9.10. The predicted molar refractivity (Wildman–Crippen MR) is 106 cm³/mol. The fourth-order valence-electron chi connectivity index (χ4n) is 3.07. The molecule has 0 aromatic heterocycles. The van der Waals surface area contributed by atoms with E-state index in [9.17, 15) is 9.59 Å². The van der Waals surface area contributed by atoms with Crippen LogP contribution in [0.2, 0.25) is 0 Å². The summed E-state index contributed by atoms with van der Waals surface area (Å²) < 4.78 is 6.22. The molecule has 0 aliphatic carbocycles. The maximum atomic E-state index is 12.7. The summed E-state index contributed by atoms with van der Waals surface area (Å²) in [5.41, 5.74) is 3.63. The van der Waals surface area contributed by atoms with Gasteiger partial charge in [0.25, 0.3) is 0 Å². The third kappa shape index (κ3) is 3.60. The number of methoxy groups -OCH3 is 1. The van der Waals surface area contributed by atoms with E-state index in [0.717, 1.165) is 27.0 Å². The number of nitrogens with zero attached hydrogens (tertiary/aromatic N) is 1. The van der Waals surface area contributed by atoms with Crippen LogP contribution in [0.15, 0.2) is 40.9 Å². The molecule has 3 rings (SSSR count). The van der Waals surface area contributed by atoms with Crippen molar-refractivity contribution in [3.05, 3.63) is 52.0 Å². The van der Waals surface area contributed by atoms with E-state index < -0.39 is 0 Å². The number of nitrogens with one attached hydrogen (secondary N) is 1. The second kappa shape index (κ2) is 7.50. The highest BCUT2D eigenvalue weighted by Gasteiger charge is 2.35. The lowest BCUT2D eigenvalue weighted by molar-refractivity contribution is -0.122. The molecule has 5 nitrogen and oxygen atoms in total. The van der Waals surface area contributed by atoms with Crippen molar-refractivity contribution in [1.29, 1.82) is 0 Å². The standard InChI is InChI=1S/C20H21BrN2O3/c1-12-13(2)18(8-7-17(12)21)22-20(25)14-9-19(24)23(11-14)15-5-4-6-16(10-15)26-3/h4-8,10,14H,9,11H2,1-3H3,(H,22,25). The lowest BCUT2D eigenvalue weighted by Crippen LogP contribution is -2.28. The maximum Gasteiger partial charge on any atom is 0.229 e. The summed E-state index contributed by atoms with van der Waals surface area (Å²) in [7, 11) is 1.59. The molecule has 2 aromatic rings. The smallest absolute Gasteiger partial charge is 0.229 e. The average Bonchev–Trinajstić information content (AvgIpc) is 3.04. The summed E-state index contributed by atoms with van der Waals surface area (Å²) in [6.07, 6.45) is 0.206. The first kappa shape index (κ1) is 18.5. The van der Waals surface area contributed by atoms with E-state index in [2.05, 4.69) is 21.2 Å².